The maximum Gasteiger partial charge on any atom is 0.422 e. The van der Waals surface area contributed by atoms with Crippen LogP contribution in [0.5, 0.6) is 5.75 Å². The molecule has 0 bridgehead atoms. The second-order valence-corrected chi connectivity index (χ2v) is 4.60. The standard InChI is InChI=1S/C15H16F3NO5/c1-9-4-5-12(24-8-15(16,17)18)10(6-9)19-11(14(21)23-3)7-13(20)22-2/h4-7,19H,8H2,1-3H3/b11-7+. The first-order valence-electron chi connectivity index (χ1n) is 6.61. The highest BCUT2D eigenvalue weighted by Gasteiger charge is 2.29. The first kappa shape index (κ1) is 19.3. The average Bonchev–Trinajstić information content (AvgIpc) is 2.51. The van der Waals surface area contributed by atoms with E-state index in [0.29, 0.717) is 5.56 Å². The van der Waals surface area contributed by atoms with E-state index in [4.69, 9.17) is 4.74 Å². The Morgan fingerprint density at radius 3 is 2.42 bits per heavy atom. The third-order valence-electron chi connectivity index (χ3n) is 2.66. The number of rotatable bonds is 6. The SMILES string of the molecule is COC(=O)/C=C(/Nc1cc(C)ccc1OCC(F)(F)F)C(=O)OC. The van der Waals surface area contributed by atoms with Gasteiger partial charge in [-0.05, 0) is 24.6 Å². The number of esters is 2. The summed E-state index contributed by atoms with van der Waals surface area (Å²) in [5.41, 5.74) is 0.450. The summed E-state index contributed by atoms with van der Waals surface area (Å²) in [4.78, 5) is 23.0. The van der Waals surface area contributed by atoms with Crippen LogP contribution in [0, 0.1) is 6.92 Å². The molecule has 0 fully saturated rings. The van der Waals surface area contributed by atoms with E-state index in [0.717, 1.165) is 20.3 Å². The monoisotopic (exact) mass is 347 g/mol. The molecule has 6 nitrogen and oxygen atoms in total. The number of hydrogen-bond donors (Lipinski definition) is 1. The molecule has 0 aromatic heterocycles. The third-order valence-corrected chi connectivity index (χ3v) is 2.66. The van der Waals surface area contributed by atoms with Crippen LogP contribution in [0.2, 0.25) is 0 Å². The molecule has 0 radical (unpaired) electrons. The number of nitrogens with one attached hydrogen (secondary N) is 1. The van der Waals surface area contributed by atoms with Gasteiger partial charge < -0.3 is 19.5 Å². The number of hydrogen-bond acceptors (Lipinski definition) is 6. The second kappa shape index (κ2) is 8.23. The zero-order valence-electron chi connectivity index (χ0n) is 13.2. The highest BCUT2D eigenvalue weighted by Crippen LogP contribution is 2.29. The fraction of sp³-hybridized carbons (Fsp3) is 0.333. The molecule has 132 valence electrons. The van der Waals surface area contributed by atoms with Crippen LogP contribution in [-0.4, -0.2) is 38.9 Å². The van der Waals surface area contributed by atoms with Crippen LogP contribution in [0.25, 0.3) is 0 Å². The third kappa shape index (κ3) is 6.19. The van der Waals surface area contributed by atoms with Crippen molar-refractivity contribution >= 4 is 17.6 Å². The Morgan fingerprint density at radius 1 is 1.21 bits per heavy atom. The molecular weight excluding hydrogens is 331 g/mol. The van der Waals surface area contributed by atoms with Crippen LogP contribution in [0.3, 0.4) is 0 Å². The largest absolute Gasteiger partial charge is 0.482 e. The van der Waals surface area contributed by atoms with E-state index in [-0.39, 0.29) is 17.1 Å². The van der Waals surface area contributed by atoms with Crippen LogP contribution in [0.4, 0.5) is 18.9 Å². The van der Waals surface area contributed by atoms with Crippen LogP contribution >= 0.6 is 0 Å². The van der Waals surface area contributed by atoms with E-state index in [2.05, 4.69) is 14.8 Å². The van der Waals surface area contributed by atoms with E-state index in [1.165, 1.54) is 12.1 Å². The van der Waals surface area contributed by atoms with Gasteiger partial charge >= 0.3 is 18.1 Å². The van der Waals surface area contributed by atoms with Gasteiger partial charge in [0.2, 0.25) is 0 Å². The van der Waals surface area contributed by atoms with Crippen LogP contribution < -0.4 is 10.1 Å². The fourth-order valence-electron chi connectivity index (χ4n) is 1.60. The van der Waals surface area contributed by atoms with Gasteiger partial charge in [-0.25, -0.2) is 9.59 Å². The Morgan fingerprint density at radius 2 is 1.88 bits per heavy atom. The van der Waals surface area contributed by atoms with E-state index in [1.807, 2.05) is 0 Å². The highest BCUT2D eigenvalue weighted by molar-refractivity contribution is 5.99. The molecule has 1 aromatic carbocycles. The number of benzene rings is 1. The molecule has 0 aliphatic heterocycles. The summed E-state index contributed by atoms with van der Waals surface area (Å²) in [6.07, 6.45) is -3.70. The van der Waals surface area contributed by atoms with Crippen molar-refractivity contribution in [2.75, 3.05) is 26.1 Å². The molecule has 24 heavy (non-hydrogen) atoms. The van der Waals surface area contributed by atoms with Crippen molar-refractivity contribution in [3.63, 3.8) is 0 Å². The Kier molecular flexibility index (Phi) is 6.63. The lowest BCUT2D eigenvalue weighted by atomic mass is 10.2. The molecule has 1 aromatic rings. The van der Waals surface area contributed by atoms with Gasteiger partial charge in [-0.3, -0.25) is 0 Å². The minimum Gasteiger partial charge on any atom is -0.482 e. The lowest BCUT2D eigenvalue weighted by Crippen LogP contribution is -2.20. The summed E-state index contributed by atoms with van der Waals surface area (Å²) >= 11 is 0. The molecule has 0 saturated carbocycles. The summed E-state index contributed by atoms with van der Waals surface area (Å²) in [7, 11) is 2.20. The van der Waals surface area contributed by atoms with Crippen molar-refractivity contribution in [2.24, 2.45) is 0 Å². The summed E-state index contributed by atoms with van der Waals surface area (Å²) in [5, 5.41) is 2.53. The number of aryl methyl sites for hydroxylation is 1. The number of halogens is 3. The Balaban J connectivity index is 3.13. The summed E-state index contributed by atoms with van der Waals surface area (Å²) in [6, 6.07) is 4.31. The molecule has 0 saturated heterocycles. The maximum absolute atomic E-state index is 12.3. The quantitative estimate of drug-likeness (QED) is 0.630. The predicted octanol–water partition coefficient (Wildman–Crippen LogP) is 2.58. The van der Waals surface area contributed by atoms with Crippen LogP contribution in [-0.2, 0) is 19.1 Å². The summed E-state index contributed by atoms with van der Waals surface area (Å²) in [5.74, 6) is -1.88. The first-order valence-corrected chi connectivity index (χ1v) is 6.61. The molecule has 1 N–H and O–H groups in total. The highest BCUT2D eigenvalue weighted by atomic mass is 19.4. The molecule has 0 aliphatic rings. The molecule has 0 unspecified atom stereocenters. The van der Waals surface area contributed by atoms with Gasteiger partial charge in [0.15, 0.2) is 6.61 Å². The minimum absolute atomic E-state index is 0.0693. The molecule has 0 aliphatic carbocycles. The van der Waals surface area contributed by atoms with Crippen LogP contribution in [0.1, 0.15) is 5.56 Å². The second-order valence-electron chi connectivity index (χ2n) is 4.60. The van der Waals surface area contributed by atoms with Gasteiger partial charge in [-0.15, -0.1) is 0 Å². The predicted molar refractivity (Wildman–Crippen MR) is 78.5 cm³/mol. The van der Waals surface area contributed by atoms with Gasteiger partial charge in [-0.1, -0.05) is 6.07 Å². The minimum atomic E-state index is -4.52. The fourth-order valence-corrected chi connectivity index (χ4v) is 1.60. The van der Waals surface area contributed by atoms with Gasteiger partial charge in [0, 0.05) is 0 Å². The normalized spacial score (nSPS) is 11.7. The van der Waals surface area contributed by atoms with E-state index in [9.17, 15) is 22.8 Å². The number of alkyl halides is 3. The van der Waals surface area contributed by atoms with Crippen molar-refractivity contribution in [2.45, 2.75) is 13.1 Å². The molecule has 0 amide bonds. The molecule has 1 rings (SSSR count). The van der Waals surface area contributed by atoms with Crippen molar-refractivity contribution in [3.05, 3.63) is 35.5 Å². The van der Waals surface area contributed by atoms with E-state index in [1.54, 1.807) is 13.0 Å². The lowest BCUT2D eigenvalue weighted by molar-refractivity contribution is -0.153. The average molecular weight is 347 g/mol. The lowest BCUT2D eigenvalue weighted by Gasteiger charge is -2.16. The Hall–Kier alpha value is -2.71. The van der Waals surface area contributed by atoms with E-state index < -0.39 is 24.7 Å². The summed E-state index contributed by atoms with van der Waals surface area (Å²) in [6.45, 7) is 0.194. The van der Waals surface area contributed by atoms with Gasteiger partial charge in [0.1, 0.15) is 11.4 Å². The molecule has 0 spiro atoms. The zero-order valence-corrected chi connectivity index (χ0v) is 13.2. The van der Waals surface area contributed by atoms with Crippen molar-refractivity contribution in [3.8, 4) is 5.75 Å². The Bertz CT molecular complexity index is 640. The number of methoxy groups -OCH3 is 2. The van der Waals surface area contributed by atoms with Gasteiger partial charge in [0.05, 0.1) is 26.0 Å². The summed E-state index contributed by atoms with van der Waals surface area (Å²) < 4.78 is 50.6. The number of ether oxygens (including phenoxy) is 3. The number of carbonyl (C=O) groups excluding carboxylic acids is 2. The van der Waals surface area contributed by atoms with Crippen molar-refractivity contribution in [1.29, 1.82) is 0 Å². The smallest absolute Gasteiger partial charge is 0.422 e. The van der Waals surface area contributed by atoms with Gasteiger partial charge in [0.25, 0.3) is 0 Å². The zero-order chi connectivity index (χ0) is 18.3. The first-order chi connectivity index (χ1) is 11.2. The molecule has 9 heteroatoms. The van der Waals surface area contributed by atoms with Crippen molar-refractivity contribution in [1.82, 2.24) is 0 Å². The Labute approximate surface area is 136 Å². The van der Waals surface area contributed by atoms with Crippen LogP contribution in [0.15, 0.2) is 30.0 Å². The number of carbonyl (C=O) groups is 2. The molecule has 0 atom stereocenters. The van der Waals surface area contributed by atoms with Crippen molar-refractivity contribution < 1.29 is 37.0 Å². The molecule has 0 heterocycles. The maximum atomic E-state index is 12.3. The van der Waals surface area contributed by atoms with Gasteiger partial charge in [-0.2, -0.15) is 13.2 Å². The number of anilines is 1. The van der Waals surface area contributed by atoms with E-state index >= 15 is 0 Å². The topological polar surface area (TPSA) is 73.9 Å². The molecular formula is C15H16F3NO5.